The van der Waals surface area contributed by atoms with Crippen LogP contribution in [0.3, 0.4) is 0 Å². The SMILES string of the molecule is Cc1csc2cc([C@H](C)n3nc(-c4ccc(OC(C)C)c(F)c4)c4c(N)ncnc43)c(-c3cccc(F)c3)c(=O)n12. The Bertz CT molecular complexity index is 2010. The van der Waals surface area contributed by atoms with Crippen molar-refractivity contribution in [2.45, 2.75) is 39.8 Å². The van der Waals surface area contributed by atoms with Gasteiger partial charge in [-0.05, 0) is 75.2 Å². The van der Waals surface area contributed by atoms with E-state index in [1.54, 1.807) is 33.3 Å². The highest BCUT2D eigenvalue weighted by Gasteiger charge is 2.26. The number of fused-ring (bicyclic) bond motifs is 2. The molecule has 41 heavy (non-hydrogen) atoms. The summed E-state index contributed by atoms with van der Waals surface area (Å²) in [5.74, 6) is -0.680. The molecule has 6 rings (SSSR count). The zero-order valence-electron chi connectivity index (χ0n) is 22.7. The van der Waals surface area contributed by atoms with Crippen LogP contribution in [0.4, 0.5) is 14.6 Å². The molecule has 11 heteroatoms. The Labute approximate surface area is 237 Å². The average Bonchev–Trinajstić information content (AvgIpc) is 3.51. The maximum Gasteiger partial charge on any atom is 0.264 e. The summed E-state index contributed by atoms with van der Waals surface area (Å²) >= 11 is 1.44. The second-order valence-electron chi connectivity index (χ2n) is 10.1. The van der Waals surface area contributed by atoms with Gasteiger partial charge in [-0.25, -0.2) is 23.4 Å². The smallest absolute Gasteiger partial charge is 0.264 e. The van der Waals surface area contributed by atoms with Crippen molar-refractivity contribution < 1.29 is 13.5 Å². The van der Waals surface area contributed by atoms with Crippen LogP contribution in [-0.4, -0.2) is 30.3 Å². The first-order valence-corrected chi connectivity index (χ1v) is 13.9. The lowest BCUT2D eigenvalue weighted by Crippen LogP contribution is -2.21. The van der Waals surface area contributed by atoms with Crippen molar-refractivity contribution in [1.82, 2.24) is 24.1 Å². The predicted octanol–water partition coefficient (Wildman–Crippen LogP) is 6.40. The number of halogens is 2. The third-order valence-electron chi connectivity index (χ3n) is 6.92. The fraction of sp³-hybridized carbons (Fsp3) is 0.200. The molecule has 4 aromatic heterocycles. The molecule has 8 nitrogen and oxygen atoms in total. The Morgan fingerprint density at radius 2 is 1.83 bits per heavy atom. The van der Waals surface area contributed by atoms with Crippen molar-refractivity contribution in [3.63, 3.8) is 0 Å². The predicted molar refractivity (Wildman–Crippen MR) is 156 cm³/mol. The molecule has 0 radical (unpaired) electrons. The van der Waals surface area contributed by atoms with Crippen LogP contribution >= 0.6 is 11.3 Å². The molecule has 0 aliphatic rings. The fourth-order valence-corrected chi connectivity index (χ4v) is 6.01. The molecule has 0 fully saturated rings. The van der Waals surface area contributed by atoms with E-state index in [4.69, 9.17) is 15.6 Å². The van der Waals surface area contributed by atoms with E-state index in [0.29, 0.717) is 39.0 Å². The Balaban J connectivity index is 1.59. The minimum atomic E-state index is -0.549. The van der Waals surface area contributed by atoms with Crippen molar-refractivity contribution in [1.29, 1.82) is 0 Å². The van der Waals surface area contributed by atoms with E-state index in [-0.39, 0.29) is 23.2 Å². The number of aromatic nitrogens is 5. The molecule has 0 unspecified atom stereocenters. The summed E-state index contributed by atoms with van der Waals surface area (Å²) in [7, 11) is 0. The number of thiazole rings is 1. The molecule has 4 heterocycles. The molecule has 0 aliphatic heterocycles. The monoisotopic (exact) mass is 572 g/mol. The van der Waals surface area contributed by atoms with Gasteiger partial charge >= 0.3 is 0 Å². The van der Waals surface area contributed by atoms with Gasteiger partial charge in [0, 0.05) is 16.6 Å². The van der Waals surface area contributed by atoms with Gasteiger partial charge in [0.2, 0.25) is 0 Å². The molecule has 0 aliphatic carbocycles. The lowest BCUT2D eigenvalue weighted by molar-refractivity contribution is 0.231. The van der Waals surface area contributed by atoms with Crippen LogP contribution in [0.15, 0.2) is 65.0 Å². The van der Waals surface area contributed by atoms with Gasteiger partial charge in [-0.3, -0.25) is 9.20 Å². The molecule has 0 amide bonds. The first-order chi connectivity index (χ1) is 19.6. The number of benzene rings is 2. The average molecular weight is 573 g/mol. The number of aryl methyl sites for hydroxylation is 1. The zero-order valence-corrected chi connectivity index (χ0v) is 23.5. The van der Waals surface area contributed by atoms with Gasteiger partial charge < -0.3 is 10.5 Å². The van der Waals surface area contributed by atoms with E-state index in [2.05, 4.69) is 9.97 Å². The van der Waals surface area contributed by atoms with Crippen molar-refractivity contribution in [3.05, 3.63) is 93.5 Å². The van der Waals surface area contributed by atoms with E-state index in [9.17, 15) is 9.18 Å². The summed E-state index contributed by atoms with van der Waals surface area (Å²) in [6, 6.07) is 11.9. The molecule has 6 aromatic rings. The maximum absolute atomic E-state index is 15.0. The fourth-order valence-electron chi connectivity index (χ4n) is 5.08. The van der Waals surface area contributed by atoms with E-state index in [0.717, 1.165) is 10.5 Å². The van der Waals surface area contributed by atoms with Crippen LogP contribution in [0.1, 0.15) is 38.1 Å². The molecule has 2 aromatic carbocycles. The number of anilines is 1. The van der Waals surface area contributed by atoms with E-state index in [1.165, 1.54) is 35.9 Å². The lowest BCUT2D eigenvalue weighted by atomic mass is 9.97. The maximum atomic E-state index is 15.0. The molecule has 0 bridgehead atoms. The van der Waals surface area contributed by atoms with Crippen molar-refractivity contribution in [2.24, 2.45) is 0 Å². The second kappa shape index (κ2) is 10.1. The third-order valence-corrected chi connectivity index (χ3v) is 7.93. The van der Waals surface area contributed by atoms with Crippen LogP contribution in [-0.2, 0) is 0 Å². The van der Waals surface area contributed by atoms with Crippen molar-refractivity contribution >= 4 is 33.0 Å². The van der Waals surface area contributed by atoms with Gasteiger partial charge in [-0.15, -0.1) is 11.3 Å². The summed E-state index contributed by atoms with van der Waals surface area (Å²) in [4.78, 5) is 23.2. The standard InChI is InChI=1S/C30H26F2N6O2S/c1-15(2)40-23-9-8-19(11-22(23)32)27-26-28(33)34-14-35-29(26)38(36-27)17(4)21-12-24-37(16(3)13-41-24)30(39)25(21)18-6-5-7-20(31)10-18/h5-15,17H,1-4H3,(H2,33,34,35)/t17-/m0/s1. The number of hydrogen-bond acceptors (Lipinski definition) is 7. The van der Waals surface area contributed by atoms with Gasteiger partial charge in [0.15, 0.2) is 17.2 Å². The van der Waals surface area contributed by atoms with Crippen LogP contribution in [0, 0.1) is 18.6 Å². The highest BCUT2D eigenvalue weighted by atomic mass is 32.1. The van der Waals surface area contributed by atoms with E-state index < -0.39 is 17.7 Å². The van der Waals surface area contributed by atoms with E-state index >= 15 is 4.39 Å². The Morgan fingerprint density at radius 1 is 1.02 bits per heavy atom. The van der Waals surface area contributed by atoms with Gasteiger partial charge in [0.05, 0.1) is 23.1 Å². The molecule has 2 N–H and O–H groups in total. The van der Waals surface area contributed by atoms with Crippen molar-refractivity contribution in [3.8, 4) is 28.1 Å². The number of ether oxygens (including phenoxy) is 1. The molecule has 0 saturated heterocycles. The van der Waals surface area contributed by atoms with Gasteiger partial charge in [0.25, 0.3) is 5.56 Å². The molecular formula is C30H26F2N6O2S. The largest absolute Gasteiger partial charge is 0.488 e. The number of pyridine rings is 1. The minimum Gasteiger partial charge on any atom is -0.488 e. The quantitative estimate of drug-likeness (QED) is 0.248. The van der Waals surface area contributed by atoms with Crippen LogP contribution in [0.25, 0.3) is 38.2 Å². The summed E-state index contributed by atoms with van der Waals surface area (Å²) in [5.41, 5.74) is 9.52. The molecule has 0 spiro atoms. The van der Waals surface area contributed by atoms with E-state index in [1.807, 2.05) is 39.1 Å². The molecule has 208 valence electrons. The van der Waals surface area contributed by atoms with Crippen LogP contribution < -0.4 is 16.0 Å². The van der Waals surface area contributed by atoms with Gasteiger partial charge in [-0.2, -0.15) is 5.10 Å². The molecule has 0 saturated carbocycles. The highest BCUT2D eigenvalue weighted by Crippen LogP contribution is 2.37. The summed E-state index contributed by atoms with van der Waals surface area (Å²) in [5, 5.41) is 7.19. The number of hydrogen-bond donors (Lipinski definition) is 1. The first-order valence-electron chi connectivity index (χ1n) is 13.0. The minimum absolute atomic E-state index is 0.129. The third kappa shape index (κ3) is 4.51. The normalized spacial score (nSPS) is 12.5. The molecule has 1 atom stereocenters. The molecular weight excluding hydrogens is 546 g/mol. The zero-order chi connectivity index (χ0) is 29.0. The van der Waals surface area contributed by atoms with Crippen LogP contribution in [0.2, 0.25) is 0 Å². The summed E-state index contributed by atoms with van der Waals surface area (Å²) < 4.78 is 38.2. The summed E-state index contributed by atoms with van der Waals surface area (Å²) in [6.45, 7) is 7.37. The Hall–Kier alpha value is -4.64. The Morgan fingerprint density at radius 3 is 2.56 bits per heavy atom. The number of nitrogen functional groups attached to an aromatic ring is 1. The highest BCUT2D eigenvalue weighted by molar-refractivity contribution is 7.15. The van der Waals surface area contributed by atoms with Gasteiger partial charge in [-0.1, -0.05) is 12.1 Å². The number of nitrogens with two attached hydrogens (primary N) is 1. The Kier molecular flexibility index (Phi) is 6.53. The van der Waals surface area contributed by atoms with Crippen LogP contribution in [0.5, 0.6) is 5.75 Å². The lowest BCUT2D eigenvalue weighted by Gasteiger charge is -2.18. The second-order valence-corrected chi connectivity index (χ2v) is 11.0. The first kappa shape index (κ1) is 26.6. The van der Waals surface area contributed by atoms with Crippen molar-refractivity contribution in [2.75, 3.05) is 5.73 Å². The number of rotatable bonds is 6. The summed E-state index contributed by atoms with van der Waals surface area (Å²) in [6.07, 6.45) is 1.14. The van der Waals surface area contributed by atoms with Gasteiger partial charge in [0.1, 0.15) is 28.5 Å². The number of nitrogens with zero attached hydrogens (tertiary/aromatic N) is 5. The topological polar surface area (TPSA) is 100 Å².